The number of hydrogen-bond acceptors (Lipinski definition) is 4. The van der Waals surface area contributed by atoms with Crippen LogP contribution in [0.25, 0.3) is 0 Å². The average molecular weight is 459 g/mol. The predicted molar refractivity (Wildman–Crippen MR) is 112 cm³/mol. The number of piperidine rings is 1. The molecule has 0 spiro atoms. The van der Waals surface area contributed by atoms with Crippen LogP contribution in [-0.4, -0.2) is 53.7 Å². The first-order valence-corrected chi connectivity index (χ1v) is 9.51. The van der Waals surface area contributed by atoms with E-state index < -0.39 is 24.7 Å². The van der Waals surface area contributed by atoms with Gasteiger partial charge in [0.1, 0.15) is 0 Å². The standard InChI is InChI=1S/C19H29F3N4O.2ClH/c1-3-26(14(2)11-19(20,21)22)17(16-6-9-23-10-7-16)18(27)25-13-15-5-4-8-24-12-15;;/h4-5,8,12,14,16-17,23H,3,6-7,9-11,13H2,1-2H3,(H,25,27);2*1H. The number of carbonyl (C=O) groups excluding carboxylic acids is 1. The molecule has 1 aromatic heterocycles. The molecule has 1 aromatic rings. The first-order valence-electron chi connectivity index (χ1n) is 9.51. The van der Waals surface area contributed by atoms with E-state index in [1.165, 1.54) is 0 Å². The highest BCUT2D eigenvalue weighted by Gasteiger charge is 2.39. The summed E-state index contributed by atoms with van der Waals surface area (Å²) in [7, 11) is 0. The van der Waals surface area contributed by atoms with E-state index in [0.717, 1.165) is 31.5 Å². The molecule has 0 radical (unpaired) electrons. The molecule has 2 heterocycles. The number of aromatic nitrogens is 1. The Labute approximate surface area is 183 Å². The van der Waals surface area contributed by atoms with Crippen molar-refractivity contribution in [3.8, 4) is 0 Å². The molecule has 1 amide bonds. The van der Waals surface area contributed by atoms with Crippen molar-refractivity contribution >= 4 is 30.7 Å². The Hall–Kier alpha value is -1.09. The summed E-state index contributed by atoms with van der Waals surface area (Å²) in [6.45, 7) is 5.64. The zero-order chi connectivity index (χ0) is 19.9. The maximum absolute atomic E-state index is 13.0. The number of pyridine rings is 1. The van der Waals surface area contributed by atoms with E-state index >= 15 is 0 Å². The molecular formula is C19H31Cl2F3N4O. The first kappa shape index (κ1) is 27.9. The molecule has 0 bridgehead atoms. The van der Waals surface area contributed by atoms with Gasteiger partial charge in [0.25, 0.3) is 0 Å². The van der Waals surface area contributed by atoms with Crippen LogP contribution in [0.1, 0.15) is 38.7 Å². The summed E-state index contributed by atoms with van der Waals surface area (Å²) in [5, 5.41) is 6.16. The fourth-order valence-corrected chi connectivity index (χ4v) is 3.83. The van der Waals surface area contributed by atoms with E-state index in [1.54, 1.807) is 30.3 Å². The Morgan fingerprint density at radius 2 is 2.00 bits per heavy atom. The highest BCUT2D eigenvalue weighted by atomic mass is 35.5. The molecule has 0 aliphatic carbocycles. The smallest absolute Gasteiger partial charge is 0.351 e. The van der Waals surface area contributed by atoms with Gasteiger partial charge in [-0.2, -0.15) is 13.2 Å². The minimum absolute atomic E-state index is 0. The summed E-state index contributed by atoms with van der Waals surface area (Å²) in [5.74, 6) is -0.169. The van der Waals surface area contributed by atoms with Crippen molar-refractivity contribution in [3.05, 3.63) is 30.1 Å². The minimum atomic E-state index is -4.25. The normalized spacial score (nSPS) is 17.0. The molecule has 1 aliphatic rings. The quantitative estimate of drug-likeness (QED) is 0.624. The number of likely N-dealkylation sites (N-methyl/N-ethyl adjacent to an activating group) is 1. The summed E-state index contributed by atoms with van der Waals surface area (Å²) < 4.78 is 38.8. The SMILES string of the molecule is CCN(C(C)CC(F)(F)F)C(C(=O)NCc1cccnc1)C1CCNCC1.Cl.Cl. The predicted octanol–water partition coefficient (Wildman–Crippen LogP) is 3.57. The minimum Gasteiger partial charge on any atom is -0.351 e. The molecule has 1 fully saturated rings. The first-order chi connectivity index (χ1) is 12.8. The molecule has 1 aliphatic heterocycles. The topological polar surface area (TPSA) is 57.3 Å². The highest BCUT2D eigenvalue weighted by molar-refractivity contribution is 5.85. The number of rotatable bonds is 8. The van der Waals surface area contributed by atoms with Gasteiger partial charge in [0.2, 0.25) is 5.91 Å². The maximum Gasteiger partial charge on any atom is 0.390 e. The van der Waals surface area contributed by atoms with Gasteiger partial charge in [0, 0.05) is 25.0 Å². The van der Waals surface area contributed by atoms with E-state index in [0.29, 0.717) is 13.1 Å². The van der Waals surface area contributed by atoms with Crippen molar-refractivity contribution in [3.63, 3.8) is 0 Å². The fraction of sp³-hybridized carbons (Fsp3) is 0.684. The van der Waals surface area contributed by atoms with Crippen molar-refractivity contribution in [2.24, 2.45) is 5.92 Å². The summed E-state index contributed by atoms with van der Waals surface area (Å²) in [5.41, 5.74) is 0.862. The number of alkyl halides is 3. The molecule has 168 valence electrons. The molecule has 1 saturated heterocycles. The van der Waals surface area contributed by atoms with Gasteiger partial charge >= 0.3 is 6.18 Å². The monoisotopic (exact) mass is 458 g/mol. The molecule has 2 rings (SSSR count). The highest BCUT2D eigenvalue weighted by Crippen LogP contribution is 2.28. The summed E-state index contributed by atoms with van der Waals surface area (Å²) in [6.07, 6.45) is -0.291. The molecule has 0 aromatic carbocycles. The van der Waals surface area contributed by atoms with E-state index in [1.807, 2.05) is 13.0 Å². The molecule has 29 heavy (non-hydrogen) atoms. The van der Waals surface area contributed by atoms with Gasteiger partial charge in [-0.25, -0.2) is 0 Å². The van der Waals surface area contributed by atoms with E-state index in [2.05, 4.69) is 15.6 Å². The maximum atomic E-state index is 13.0. The van der Waals surface area contributed by atoms with Crippen molar-refractivity contribution in [2.45, 2.75) is 57.9 Å². The number of halogens is 5. The lowest BCUT2D eigenvalue weighted by Gasteiger charge is -2.40. The van der Waals surface area contributed by atoms with Gasteiger partial charge < -0.3 is 10.6 Å². The lowest BCUT2D eigenvalue weighted by atomic mass is 9.87. The van der Waals surface area contributed by atoms with Crippen molar-refractivity contribution in [2.75, 3.05) is 19.6 Å². The van der Waals surface area contributed by atoms with Gasteiger partial charge in [-0.15, -0.1) is 24.8 Å². The molecule has 2 unspecified atom stereocenters. The zero-order valence-corrected chi connectivity index (χ0v) is 18.4. The van der Waals surface area contributed by atoms with Gasteiger partial charge in [-0.1, -0.05) is 13.0 Å². The average Bonchev–Trinajstić information content (AvgIpc) is 2.64. The number of nitrogens with one attached hydrogen (secondary N) is 2. The Balaban J connectivity index is 0.00000392. The molecule has 5 nitrogen and oxygen atoms in total. The lowest BCUT2D eigenvalue weighted by Crippen LogP contribution is -2.56. The Kier molecular flexibility index (Phi) is 12.8. The second-order valence-electron chi connectivity index (χ2n) is 7.11. The van der Waals surface area contributed by atoms with Crippen LogP contribution in [-0.2, 0) is 11.3 Å². The van der Waals surface area contributed by atoms with Crippen LogP contribution < -0.4 is 10.6 Å². The molecular weight excluding hydrogens is 428 g/mol. The summed E-state index contributed by atoms with van der Waals surface area (Å²) in [4.78, 5) is 18.7. The Bertz CT molecular complexity index is 587. The van der Waals surface area contributed by atoms with Gasteiger partial charge in [-0.3, -0.25) is 14.7 Å². The van der Waals surface area contributed by atoms with Crippen molar-refractivity contribution < 1.29 is 18.0 Å². The second kappa shape index (κ2) is 13.3. The Morgan fingerprint density at radius 1 is 1.34 bits per heavy atom. The Morgan fingerprint density at radius 3 is 2.52 bits per heavy atom. The van der Waals surface area contributed by atoms with Gasteiger partial charge in [0.15, 0.2) is 0 Å². The van der Waals surface area contributed by atoms with Crippen molar-refractivity contribution in [1.82, 2.24) is 20.5 Å². The van der Waals surface area contributed by atoms with Gasteiger partial charge in [-0.05, 0) is 56.9 Å². The second-order valence-corrected chi connectivity index (χ2v) is 7.11. The lowest BCUT2D eigenvalue weighted by molar-refractivity contribution is -0.153. The molecule has 2 N–H and O–H groups in total. The van der Waals surface area contributed by atoms with E-state index in [9.17, 15) is 18.0 Å². The third-order valence-corrected chi connectivity index (χ3v) is 5.10. The molecule has 0 saturated carbocycles. The van der Waals surface area contributed by atoms with E-state index in [-0.39, 0.29) is 36.6 Å². The number of carbonyl (C=O) groups is 1. The van der Waals surface area contributed by atoms with Crippen LogP contribution in [0.4, 0.5) is 13.2 Å². The van der Waals surface area contributed by atoms with Crippen LogP contribution >= 0.6 is 24.8 Å². The van der Waals surface area contributed by atoms with Gasteiger partial charge in [0.05, 0.1) is 12.5 Å². The number of nitrogens with zero attached hydrogens (tertiary/aromatic N) is 2. The third kappa shape index (κ3) is 9.07. The molecule has 2 atom stereocenters. The number of hydrogen-bond donors (Lipinski definition) is 2. The largest absolute Gasteiger partial charge is 0.390 e. The van der Waals surface area contributed by atoms with Crippen molar-refractivity contribution in [1.29, 1.82) is 0 Å². The summed E-state index contributed by atoms with van der Waals surface area (Å²) in [6, 6.07) is 2.33. The summed E-state index contributed by atoms with van der Waals surface area (Å²) >= 11 is 0. The van der Waals surface area contributed by atoms with Crippen LogP contribution in [0.3, 0.4) is 0 Å². The van der Waals surface area contributed by atoms with Crippen LogP contribution in [0.15, 0.2) is 24.5 Å². The zero-order valence-electron chi connectivity index (χ0n) is 16.7. The fourth-order valence-electron chi connectivity index (χ4n) is 3.83. The third-order valence-electron chi connectivity index (χ3n) is 5.10. The van der Waals surface area contributed by atoms with Crippen LogP contribution in [0.5, 0.6) is 0 Å². The molecule has 10 heteroatoms. The van der Waals surface area contributed by atoms with E-state index in [4.69, 9.17) is 0 Å². The van der Waals surface area contributed by atoms with Crippen LogP contribution in [0.2, 0.25) is 0 Å². The van der Waals surface area contributed by atoms with Crippen LogP contribution in [0, 0.1) is 5.92 Å². The number of amides is 1.